The quantitative estimate of drug-likeness (QED) is 0.781. The maximum Gasteiger partial charge on any atom is 0.229 e. The molecule has 2 aromatic carbocycles. The van der Waals surface area contributed by atoms with Crippen molar-refractivity contribution in [2.75, 3.05) is 22.1 Å². The number of benzene rings is 2. The number of carbonyl (C=O) groups excluding carboxylic acids is 4. The predicted octanol–water partition coefficient (Wildman–Crippen LogP) is 2.84. The highest BCUT2D eigenvalue weighted by Gasteiger charge is 2.35. The largest absolute Gasteiger partial charge is 0.326 e. The van der Waals surface area contributed by atoms with Crippen LogP contribution in [-0.4, -0.2) is 30.0 Å². The number of rotatable bonds is 5. The van der Waals surface area contributed by atoms with Crippen molar-refractivity contribution in [2.24, 2.45) is 5.92 Å². The molecule has 7 nitrogen and oxygen atoms in total. The summed E-state index contributed by atoms with van der Waals surface area (Å²) in [4.78, 5) is 49.3. The predicted molar refractivity (Wildman–Crippen MR) is 106 cm³/mol. The van der Waals surface area contributed by atoms with Crippen LogP contribution in [0.3, 0.4) is 0 Å². The summed E-state index contributed by atoms with van der Waals surface area (Å²) in [6.45, 7) is 3.12. The summed E-state index contributed by atoms with van der Waals surface area (Å²) in [6, 6.07) is 13.6. The van der Waals surface area contributed by atoms with Crippen LogP contribution in [0.15, 0.2) is 48.5 Å². The number of amides is 3. The lowest BCUT2D eigenvalue weighted by Crippen LogP contribution is -2.28. The van der Waals surface area contributed by atoms with Gasteiger partial charge in [-0.05, 0) is 37.3 Å². The number of hydrogen-bond donors (Lipinski definition) is 2. The van der Waals surface area contributed by atoms with E-state index < -0.39 is 5.92 Å². The zero-order valence-corrected chi connectivity index (χ0v) is 15.7. The van der Waals surface area contributed by atoms with Gasteiger partial charge in [0, 0.05) is 42.5 Å². The molecule has 0 radical (unpaired) electrons. The Morgan fingerprint density at radius 3 is 2.32 bits per heavy atom. The van der Waals surface area contributed by atoms with Gasteiger partial charge in [-0.2, -0.15) is 0 Å². The van der Waals surface area contributed by atoms with E-state index in [2.05, 4.69) is 10.6 Å². The third-order valence-electron chi connectivity index (χ3n) is 4.51. The molecule has 1 heterocycles. The molecule has 1 fully saturated rings. The first-order chi connectivity index (χ1) is 13.3. The van der Waals surface area contributed by atoms with Crippen molar-refractivity contribution in [3.63, 3.8) is 0 Å². The Balaban J connectivity index is 1.69. The minimum atomic E-state index is -0.502. The molecule has 2 N–H and O–H groups in total. The summed E-state index contributed by atoms with van der Waals surface area (Å²) in [6.07, 6.45) is 0.0987. The van der Waals surface area contributed by atoms with Crippen LogP contribution < -0.4 is 15.5 Å². The first kappa shape index (κ1) is 19.3. The van der Waals surface area contributed by atoms with E-state index in [4.69, 9.17) is 0 Å². The number of hydrogen-bond acceptors (Lipinski definition) is 4. The molecule has 3 rings (SSSR count). The Morgan fingerprint density at radius 2 is 1.64 bits per heavy atom. The Kier molecular flexibility index (Phi) is 5.54. The molecule has 144 valence electrons. The fourth-order valence-electron chi connectivity index (χ4n) is 3.15. The molecule has 0 spiro atoms. The maximum atomic E-state index is 12.6. The summed E-state index contributed by atoms with van der Waals surface area (Å²) in [5.41, 5.74) is 2.25. The van der Waals surface area contributed by atoms with Gasteiger partial charge in [-0.1, -0.05) is 18.2 Å². The van der Waals surface area contributed by atoms with Crippen LogP contribution >= 0.6 is 0 Å². The van der Waals surface area contributed by atoms with E-state index in [-0.39, 0.29) is 36.5 Å². The van der Waals surface area contributed by atoms with Gasteiger partial charge in [0.15, 0.2) is 5.78 Å². The smallest absolute Gasteiger partial charge is 0.229 e. The second-order valence-electron chi connectivity index (χ2n) is 6.76. The fraction of sp³-hybridized carbons (Fsp3) is 0.238. The third kappa shape index (κ3) is 4.43. The SMILES string of the molecule is CC(=O)Nc1cccc(NC(=O)C2CC(=O)N(c3cccc(C(C)=O)c3)C2)c1. The van der Waals surface area contributed by atoms with Crippen molar-refractivity contribution in [1.29, 1.82) is 0 Å². The van der Waals surface area contributed by atoms with Crippen LogP contribution in [-0.2, 0) is 14.4 Å². The summed E-state index contributed by atoms with van der Waals surface area (Å²) in [5.74, 6) is -1.21. The highest BCUT2D eigenvalue weighted by molar-refractivity contribution is 6.04. The molecule has 1 aliphatic rings. The summed E-state index contributed by atoms with van der Waals surface area (Å²) >= 11 is 0. The van der Waals surface area contributed by atoms with E-state index in [1.807, 2.05) is 0 Å². The van der Waals surface area contributed by atoms with E-state index in [1.54, 1.807) is 48.5 Å². The number of anilines is 3. The molecule has 0 aliphatic carbocycles. The molecule has 3 amide bonds. The molecule has 1 atom stereocenters. The number of carbonyl (C=O) groups is 4. The number of nitrogens with one attached hydrogen (secondary N) is 2. The molecule has 0 aromatic heterocycles. The van der Waals surface area contributed by atoms with E-state index >= 15 is 0 Å². The Bertz CT molecular complexity index is 954. The summed E-state index contributed by atoms with van der Waals surface area (Å²) in [7, 11) is 0. The molecule has 1 unspecified atom stereocenters. The van der Waals surface area contributed by atoms with Crippen LogP contribution in [0.1, 0.15) is 30.6 Å². The van der Waals surface area contributed by atoms with Crippen LogP contribution in [0, 0.1) is 5.92 Å². The normalized spacial score (nSPS) is 16.0. The van der Waals surface area contributed by atoms with Gasteiger partial charge in [-0.15, -0.1) is 0 Å². The third-order valence-corrected chi connectivity index (χ3v) is 4.51. The molecule has 28 heavy (non-hydrogen) atoms. The van der Waals surface area contributed by atoms with Gasteiger partial charge >= 0.3 is 0 Å². The number of nitrogens with zero attached hydrogens (tertiary/aromatic N) is 1. The van der Waals surface area contributed by atoms with Crippen LogP contribution in [0.5, 0.6) is 0 Å². The van der Waals surface area contributed by atoms with E-state index in [9.17, 15) is 19.2 Å². The molecule has 2 aromatic rings. The second-order valence-corrected chi connectivity index (χ2v) is 6.76. The average Bonchev–Trinajstić information content (AvgIpc) is 3.03. The molecule has 7 heteroatoms. The van der Waals surface area contributed by atoms with Gasteiger partial charge in [0.05, 0.1) is 5.92 Å². The molecule has 1 saturated heterocycles. The Labute approximate surface area is 162 Å². The minimum absolute atomic E-state index is 0.0816. The van der Waals surface area contributed by atoms with E-state index in [1.165, 1.54) is 18.7 Å². The average molecular weight is 379 g/mol. The number of ketones is 1. The van der Waals surface area contributed by atoms with Gasteiger partial charge in [-0.25, -0.2) is 0 Å². The maximum absolute atomic E-state index is 12.6. The molecular formula is C21H21N3O4. The first-order valence-corrected chi connectivity index (χ1v) is 8.93. The molecule has 1 aliphatic heterocycles. The standard InChI is InChI=1S/C21H21N3O4/c1-13(25)15-5-3-8-19(9-15)24-12-16(10-20(24)27)21(28)23-18-7-4-6-17(11-18)22-14(2)26/h3-9,11,16H,10,12H2,1-2H3,(H,22,26)(H,23,28). The highest BCUT2D eigenvalue weighted by Crippen LogP contribution is 2.27. The van der Waals surface area contributed by atoms with Gasteiger partial charge in [-0.3, -0.25) is 19.2 Å². The highest BCUT2D eigenvalue weighted by atomic mass is 16.2. The van der Waals surface area contributed by atoms with Crippen molar-refractivity contribution >= 4 is 40.6 Å². The second kappa shape index (κ2) is 8.04. The summed E-state index contributed by atoms with van der Waals surface area (Å²) < 4.78 is 0. The van der Waals surface area contributed by atoms with Crippen LogP contribution in [0.2, 0.25) is 0 Å². The Morgan fingerprint density at radius 1 is 0.964 bits per heavy atom. The van der Waals surface area contributed by atoms with Crippen molar-refractivity contribution < 1.29 is 19.2 Å². The van der Waals surface area contributed by atoms with E-state index in [0.717, 1.165) is 0 Å². The van der Waals surface area contributed by atoms with Crippen molar-refractivity contribution in [3.8, 4) is 0 Å². The zero-order chi connectivity index (χ0) is 20.3. The van der Waals surface area contributed by atoms with Crippen molar-refractivity contribution in [2.45, 2.75) is 20.3 Å². The zero-order valence-electron chi connectivity index (χ0n) is 15.7. The van der Waals surface area contributed by atoms with Gasteiger partial charge < -0.3 is 15.5 Å². The lowest BCUT2D eigenvalue weighted by Gasteiger charge is -2.17. The lowest BCUT2D eigenvalue weighted by atomic mass is 10.1. The summed E-state index contributed by atoms with van der Waals surface area (Å²) in [5, 5.41) is 5.45. The lowest BCUT2D eigenvalue weighted by molar-refractivity contribution is -0.122. The number of Topliss-reactive ketones (excluding diaryl/α,β-unsaturated/α-hetero) is 1. The van der Waals surface area contributed by atoms with Gasteiger partial charge in [0.25, 0.3) is 0 Å². The van der Waals surface area contributed by atoms with Gasteiger partial charge in [0.2, 0.25) is 17.7 Å². The van der Waals surface area contributed by atoms with Crippen molar-refractivity contribution in [3.05, 3.63) is 54.1 Å². The topological polar surface area (TPSA) is 95.6 Å². The minimum Gasteiger partial charge on any atom is -0.326 e. The first-order valence-electron chi connectivity index (χ1n) is 8.93. The van der Waals surface area contributed by atoms with Crippen LogP contribution in [0.4, 0.5) is 17.1 Å². The molecular weight excluding hydrogens is 358 g/mol. The monoisotopic (exact) mass is 379 g/mol. The van der Waals surface area contributed by atoms with E-state index in [0.29, 0.717) is 22.6 Å². The van der Waals surface area contributed by atoms with Crippen molar-refractivity contribution in [1.82, 2.24) is 0 Å². The molecule has 0 bridgehead atoms. The molecule has 0 saturated carbocycles. The van der Waals surface area contributed by atoms with Crippen LogP contribution in [0.25, 0.3) is 0 Å². The Hall–Kier alpha value is -3.48. The van der Waals surface area contributed by atoms with Gasteiger partial charge in [0.1, 0.15) is 0 Å². The fourth-order valence-corrected chi connectivity index (χ4v) is 3.15.